The van der Waals surface area contributed by atoms with Gasteiger partial charge in [-0.3, -0.25) is 0 Å². The van der Waals surface area contributed by atoms with Gasteiger partial charge < -0.3 is 5.11 Å². The predicted octanol–water partition coefficient (Wildman–Crippen LogP) is 3.64. The normalized spacial score (nSPS) is 14.0. The van der Waals surface area contributed by atoms with E-state index in [0.29, 0.717) is 0 Å². The maximum atomic E-state index is 10.2. The summed E-state index contributed by atoms with van der Waals surface area (Å²) in [6.45, 7) is 10.4. The molecule has 0 saturated heterocycles. The van der Waals surface area contributed by atoms with Gasteiger partial charge in [-0.1, -0.05) is 51.5 Å². The minimum absolute atomic E-state index is 0.0984. The molecule has 0 fully saturated rings. The number of aliphatic hydroxyl groups is 1. The zero-order chi connectivity index (χ0) is 11.6. The summed E-state index contributed by atoms with van der Waals surface area (Å²) in [5, 5.41) is 10.2. The van der Waals surface area contributed by atoms with Crippen molar-refractivity contribution in [2.45, 2.75) is 47.1 Å². The summed E-state index contributed by atoms with van der Waals surface area (Å²) in [5.74, 6) is 0. The Morgan fingerprint density at radius 2 is 1.80 bits per heavy atom. The summed E-state index contributed by atoms with van der Waals surface area (Å²) in [6.07, 6.45) is 0.633. The molecule has 1 unspecified atom stereocenters. The first kappa shape index (κ1) is 12.3. The third-order valence-electron chi connectivity index (χ3n) is 2.70. The third-order valence-corrected chi connectivity index (χ3v) is 2.70. The Morgan fingerprint density at radius 1 is 1.20 bits per heavy atom. The van der Waals surface area contributed by atoms with Crippen molar-refractivity contribution in [1.82, 2.24) is 0 Å². The molecule has 0 saturated carbocycles. The van der Waals surface area contributed by atoms with Crippen LogP contribution in [0.3, 0.4) is 0 Å². The summed E-state index contributed by atoms with van der Waals surface area (Å²) >= 11 is 0. The standard InChI is InChI=1S/C14H22O/c1-6-11-7-10(2)8-12(9-11)13(15)14(3,4)5/h7-9,13,15H,6H2,1-5H3. The molecular formula is C14H22O. The highest BCUT2D eigenvalue weighted by atomic mass is 16.3. The number of hydrogen-bond acceptors (Lipinski definition) is 1. The van der Waals surface area contributed by atoms with Crippen molar-refractivity contribution in [3.8, 4) is 0 Å². The van der Waals surface area contributed by atoms with Gasteiger partial charge in [0, 0.05) is 0 Å². The fraction of sp³-hybridized carbons (Fsp3) is 0.571. The number of benzene rings is 1. The molecule has 0 radical (unpaired) electrons. The lowest BCUT2D eigenvalue weighted by Crippen LogP contribution is -2.18. The lowest BCUT2D eigenvalue weighted by molar-refractivity contribution is 0.0626. The number of aliphatic hydroxyl groups excluding tert-OH is 1. The minimum Gasteiger partial charge on any atom is -0.388 e. The van der Waals surface area contributed by atoms with E-state index in [1.165, 1.54) is 11.1 Å². The molecule has 1 N–H and O–H groups in total. The van der Waals surface area contributed by atoms with Crippen molar-refractivity contribution >= 4 is 0 Å². The van der Waals surface area contributed by atoms with Gasteiger partial charge in [-0.25, -0.2) is 0 Å². The molecule has 1 rings (SSSR count). The predicted molar refractivity (Wildman–Crippen MR) is 65.0 cm³/mol. The Kier molecular flexibility index (Phi) is 3.56. The monoisotopic (exact) mass is 206 g/mol. The van der Waals surface area contributed by atoms with Crippen LogP contribution in [-0.2, 0) is 6.42 Å². The van der Waals surface area contributed by atoms with Gasteiger partial charge in [-0.15, -0.1) is 0 Å². The molecule has 1 aromatic rings. The zero-order valence-electron chi connectivity index (χ0n) is 10.5. The molecule has 0 bridgehead atoms. The lowest BCUT2D eigenvalue weighted by atomic mass is 9.84. The third kappa shape index (κ3) is 3.07. The Labute approximate surface area is 93.1 Å². The minimum atomic E-state index is -0.386. The van der Waals surface area contributed by atoms with E-state index in [1.54, 1.807) is 0 Å². The van der Waals surface area contributed by atoms with E-state index in [-0.39, 0.29) is 11.5 Å². The number of hydrogen-bond donors (Lipinski definition) is 1. The molecule has 0 spiro atoms. The fourth-order valence-corrected chi connectivity index (χ4v) is 1.76. The average Bonchev–Trinajstić information content (AvgIpc) is 2.14. The maximum Gasteiger partial charge on any atom is 0.0838 e. The summed E-state index contributed by atoms with van der Waals surface area (Å²) in [4.78, 5) is 0. The Bertz CT molecular complexity index is 334. The summed E-state index contributed by atoms with van der Waals surface area (Å²) < 4.78 is 0. The second-order valence-corrected chi connectivity index (χ2v) is 5.37. The molecule has 0 amide bonds. The molecule has 1 heteroatoms. The summed E-state index contributed by atoms with van der Waals surface area (Å²) in [5.41, 5.74) is 3.47. The molecule has 0 aliphatic heterocycles. The van der Waals surface area contributed by atoms with Crippen molar-refractivity contribution in [2.75, 3.05) is 0 Å². The van der Waals surface area contributed by atoms with E-state index in [4.69, 9.17) is 0 Å². The van der Waals surface area contributed by atoms with Crippen LogP contribution in [0.15, 0.2) is 18.2 Å². The SMILES string of the molecule is CCc1cc(C)cc(C(O)C(C)(C)C)c1. The van der Waals surface area contributed by atoms with Crippen LogP contribution in [0.1, 0.15) is 50.5 Å². The molecule has 0 aromatic heterocycles. The van der Waals surface area contributed by atoms with Crippen LogP contribution in [0.25, 0.3) is 0 Å². The largest absolute Gasteiger partial charge is 0.388 e. The van der Waals surface area contributed by atoms with Crippen LogP contribution in [0, 0.1) is 12.3 Å². The second kappa shape index (κ2) is 4.36. The van der Waals surface area contributed by atoms with E-state index in [9.17, 15) is 5.11 Å². The average molecular weight is 206 g/mol. The molecule has 84 valence electrons. The van der Waals surface area contributed by atoms with Gasteiger partial charge in [0.1, 0.15) is 0 Å². The van der Waals surface area contributed by atoms with E-state index < -0.39 is 0 Å². The fourth-order valence-electron chi connectivity index (χ4n) is 1.76. The van der Waals surface area contributed by atoms with E-state index in [2.05, 4.69) is 52.8 Å². The van der Waals surface area contributed by atoms with Crippen LogP contribution in [0.2, 0.25) is 0 Å². The molecule has 15 heavy (non-hydrogen) atoms. The van der Waals surface area contributed by atoms with Gasteiger partial charge in [-0.2, -0.15) is 0 Å². The molecule has 0 heterocycles. The Morgan fingerprint density at radius 3 is 2.27 bits per heavy atom. The van der Waals surface area contributed by atoms with Gasteiger partial charge in [0.15, 0.2) is 0 Å². The molecule has 0 aliphatic carbocycles. The van der Waals surface area contributed by atoms with Gasteiger partial charge in [-0.05, 0) is 29.9 Å². The van der Waals surface area contributed by atoms with E-state index >= 15 is 0 Å². The molecule has 1 aromatic carbocycles. The maximum absolute atomic E-state index is 10.2. The highest BCUT2D eigenvalue weighted by Gasteiger charge is 2.23. The van der Waals surface area contributed by atoms with Crippen molar-refractivity contribution in [1.29, 1.82) is 0 Å². The van der Waals surface area contributed by atoms with Crippen LogP contribution < -0.4 is 0 Å². The van der Waals surface area contributed by atoms with Crippen LogP contribution in [0.5, 0.6) is 0 Å². The quantitative estimate of drug-likeness (QED) is 0.783. The van der Waals surface area contributed by atoms with Gasteiger partial charge in [0.25, 0.3) is 0 Å². The van der Waals surface area contributed by atoms with Crippen LogP contribution in [-0.4, -0.2) is 5.11 Å². The van der Waals surface area contributed by atoms with Gasteiger partial charge in [0.05, 0.1) is 6.10 Å². The second-order valence-electron chi connectivity index (χ2n) is 5.37. The summed E-state index contributed by atoms with van der Waals surface area (Å²) in [6, 6.07) is 6.37. The summed E-state index contributed by atoms with van der Waals surface area (Å²) in [7, 11) is 0. The van der Waals surface area contributed by atoms with Gasteiger partial charge in [0.2, 0.25) is 0 Å². The first-order valence-corrected chi connectivity index (χ1v) is 5.63. The molecule has 0 aliphatic rings. The van der Waals surface area contributed by atoms with E-state index in [0.717, 1.165) is 12.0 Å². The highest BCUT2D eigenvalue weighted by Crippen LogP contribution is 2.33. The Hall–Kier alpha value is -0.820. The molecule has 1 nitrogen and oxygen atoms in total. The number of aryl methyl sites for hydroxylation is 2. The lowest BCUT2D eigenvalue weighted by Gasteiger charge is -2.26. The highest BCUT2D eigenvalue weighted by molar-refractivity contribution is 5.31. The topological polar surface area (TPSA) is 20.2 Å². The van der Waals surface area contributed by atoms with Crippen molar-refractivity contribution < 1.29 is 5.11 Å². The first-order chi connectivity index (χ1) is 6.84. The van der Waals surface area contributed by atoms with Crippen molar-refractivity contribution in [3.63, 3.8) is 0 Å². The zero-order valence-corrected chi connectivity index (χ0v) is 10.5. The van der Waals surface area contributed by atoms with Crippen LogP contribution in [0.4, 0.5) is 0 Å². The first-order valence-electron chi connectivity index (χ1n) is 5.63. The molecule has 1 atom stereocenters. The van der Waals surface area contributed by atoms with E-state index in [1.807, 2.05) is 0 Å². The van der Waals surface area contributed by atoms with Crippen LogP contribution >= 0.6 is 0 Å². The van der Waals surface area contributed by atoms with Crippen molar-refractivity contribution in [3.05, 3.63) is 34.9 Å². The number of rotatable bonds is 2. The Balaban J connectivity index is 3.09. The van der Waals surface area contributed by atoms with Gasteiger partial charge >= 0.3 is 0 Å². The smallest absolute Gasteiger partial charge is 0.0838 e. The van der Waals surface area contributed by atoms with Crippen molar-refractivity contribution in [2.24, 2.45) is 5.41 Å². The molecular weight excluding hydrogens is 184 g/mol.